The van der Waals surface area contributed by atoms with Crippen LogP contribution in [0, 0.1) is 0 Å². The zero-order valence-electron chi connectivity index (χ0n) is 13.8. The van der Waals surface area contributed by atoms with E-state index in [9.17, 15) is 9.59 Å². The van der Waals surface area contributed by atoms with Crippen molar-refractivity contribution >= 4 is 11.8 Å². The van der Waals surface area contributed by atoms with Crippen LogP contribution in [-0.2, 0) is 16.0 Å². The predicted octanol–water partition coefficient (Wildman–Crippen LogP) is 1.46. The lowest BCUT2D eigenvalue weighted by molar-refractivity contribution is -0.135. The molecule has 5 nitrogen and oxygen atoms in total. The lowest BCUT2D eigenvalue weighted by Crippen LogP contribution is -2.52. The highest BCUT2D eigenvalue weighted by Gasteiger charge is 2.28. The van der Waals surface area contributed by atoms with Crippen LogP contribution in [0.3, 0.4) is 0 Å². The third-order valence-corrected chi connectivity index (χ3v) is 4.35. The van der Waals surface area contributed by atoms with E-state index in [4.69, 9.17) is 5.73 Å². The van der Waals surface area contributed by atoms with E-state index in [0.29, 0.717) is 19.4 Å². The van der Waals surface area contributed by atoms with Crippen LogP contribution >= 0.6 is 0 Å². The molecule has 2 rings (SSSR count). The summed E-state index contributed by atoms with van der Waals surface area (Å²) in [4.78, 5) is 26.2. The number of likely N-dealkylation sites (tertiary alicyclic amines) is 1. The van der Waals surface area contributed by atoms with Gasteiger partial charge in [-0.05, 0) is 31.7 Å². The number of nitrogens with two attached hydrogens (primary N) is 1. The van der Waals surface area contributed by atoms with Crippen molar-refractivity contribution in [2.75, 3.05) is 13.1 Å². The zero-order chi connectivity index (χ0) is 16.7. The molecule has 5 heteroatoms. The van der Waals surface area contributed by atoms with E-state index in [1.807, 2.05) is 42.2 Å². The predicted molar refractivity (Wildman–Crippen MR) is 90.8 cm³/mol. The molecule has 1 aliphatic heterocycles. The fourth-order valence-electron chi connectivity index (χ4n) is 3.11. The van der Waals surface area contributed by atoms with Gasteiger partial charge in [0.25, 0.3) is 0 Å². The Morgan fingerprint density at radius 3 is 2.74 bits per heavy atom. The Kier molecular flexibility index (Phi) is 6.59. The first kappa shape index (κ1) is 17.5. The van der Waals surface area contributed by atoms with Gasteiger partial charge in [-0.1, -0.05) is 30.3 Å². The van der Waals surface area contributed by atoms with Gasteiger partial charge < -0.3 is 16.0 Å². The molecule has 1 saturated heterocycles. The maximum Gasteiger partial charge on any atom is 0.224 e. The summed E-state index contributed by atoms with van der Waals surface area (Å²) in [5, 5.41) is 2.83. The Morgan fingerprint density at radius 1 is 1.30 bits per heavy atom. The van der Waals surface area contributed by atoms with E-state index < -0.39 is 0 Å². The van der Waals surface area contributed by atoms with Crippen LogP contribution in [0.25, 0.3) is 0 Å². The Bertz CT molecular complexity index is 516. The third-order valence-electron chi connectivity index (χ3n) is 4.35. The van der Waals surface area contributed by atoms with Crippen molar-refractivity contribution < 1.29 is 9.59 Å². The van der Waals surface area contributed by atoms with Crippen molar-refractivity contribution in [2.45, 2.75) is 51.1 Å². The summed E-state index contributed by atoms with van der Waals surface area (Å²) in [7, 11) is 0. The summed E-state index contributed by atoms with van der Waals surface area (Å²) in [5.74, 6) is 0.0402. The van der Waals surface area contributed by atoms with E-state index in [1.165, 1.54) is 0 Å². The molecule has 2 unspecified atom stereocenters. The third kappa shape index (κ3) is 5.36. The van der Waals surface area contributed by atoms with Crippen LogP contribution in [0.1, 0.15) is 38.2 Å². The molecule has 0 saturated carbocycles. The number of piperidine rings is 1. The maximum absolute atomic E-state index is 12.4. The van der Waals surface area contributed by atoms with Gasteiger partial charge in [-0.15, -0.1) is 0 Å². The number of nitrogens with zero attached hydrogens (tertiary/aromatic N) is 1. The van der Waals surface area contributed by atoms with Gasteiger partial charge in [0.15, 0.2) is 0 Å². The van der Waals surface area contributed by atoms with Crippen molar-refractivity contribution in [2.24, 2.45) is 5.73 Å². The molecule has 0 spiro atoms. The lowest BCUT2D eigenvalue weighted by atomic mass is 9.96. The molecule has 1 aliphatic rings. The summed E-state index contributed by atoms with van der Waals surface area (Å²) in [6.07, 6.45) is 3.83. The molecule has 2 amide bonds. The summed E-state index contributed by atoms with van der Waals surface area (Å²) < 4.78 is 0. The smallest absolute Gasteiger partial charge is 0.224 e. The average Bonchev–Trinajstić information content (AvgIpc) is 2.55. The van der Waals surface area contributed by atoms with Crippen molar-refractivity contribution in [3.8, 4) is 0 Å². The highest BCUT2D eigenvalue weighted by molar-refractivity contribution is 5.80. The summed E-state index contributed by atoms with van der Waals surface area (Å²) >= 11 is 0. The summed E-state index contributed by atoms with van der Waals surface area (Å²) in [6, 6.07) is 9.72. The number of nitrogens with one attached hydrogen (secondary N) is 1. The van der Waals surface area contributed by atoms with E-state index in [1.54, 1.807) is 0 Å². The highest BCUT2D eigenvalue weighted by atomic mass is 16.2. The summed E-state index contributed by atoms with van der Waals surface area (Å²) in [6.45, 7) is 3.12. The molecular weight excluding hydrogens is 290 g/mol. The second-order valence-corrected chi connectivity index (χ2v) is 6.27. The normalized spacial score (nSPS) is 19.2. The Balaban J connectivity index is 1.74. The number of hydrogen-bond acceptors (Lipinski definition) is 3. The monoisotopic (exact) mass is 317 g/mol. The Labute approximate surface area is 138 Å². The second-order valence-electron chi connectivity index (χ2n) is 6.27. The van der Waals surface area contributed by atoms with E-state index in [0.717, 1.165) is 31.4 Å². The largest absolute Gasteiger partial charge is 0.355 e. The van der Waals surface area contributed by atoms with Crippen LogP contribution in [0.5, 0.6) is 0 Å². The molecule has 1 fully saturated rings. The van der Waals surface area contributed by atoms with E-state index in [2.05, 4.69) is 5.32 Å². The number of amides is 2. The molecule has 1 aromatic carbocycles. The average molecular weight is 317 g/mol. The Hall–Kier alpha value is -1.88. The summed E-state index contributed by atoms with van der Waals surface area (Å²) in [5.41, 5.74) is 6.97. The number of benzene rings is 1. The minimum atomic E-state index is -0.0496. The first-order chi connectivity index (χ1) is 11.1. The van der Waals surface area contributed by atoms with Gasteiger partial charge in [0, 0.05) is 31.6 Å². The van der Waals surface area contributed by atoms with Crippen LogP contribution in [0.15, 0.2) is 30.3 Å². The molecule has 3 N–H and O–H groups in total. The van der Waals surface area contributed by atoms with Crippen molar-refractivity contribution in [1.82, 2.24) is 10.2 Å². The van der Waals surface area contributed by atoms with Crippen LogP contribution < -0.4 is 11.1 Å². The van der Waals surface area contributed by atoms with Crippen molar-refractivity contribution in [1.29, 1.82) is 0 Å². The number of carbonyl (C=O) groups is 2. The standard InChI is InChI=1S/C18H27N3O2/c1-14(19)16-9-5-6-12-21(16)18(23)10-11-20-17(22)13-15-7-3-2-4-8-15/h2-4,7-8,14,16H,5-6,9-13,19H2,1H3,(H,20,22). The quantitative estimate of drug-likeness (QED) is 0.834. The van der Waals surface area contributed by atoms with Crippen molar-refractivity contribution in [3.63, 3.8) is 0 Å². The molecule has 1 heterocycles. The Morgan fingerprint density at radius 2 is 2.04 bits per heavy atom. The van der Waals surface area contributed by atoms with Gasteiger partial charge in [-0.25, -0.2) is 0 Å². The molecule has 0 aromatic heterocycles. The minimum Gasteiger partial charge on any atom is -0.355 e. The number of carbonyl (C=O) groups excluding carboxylic acids is 2. The second kappa shape index (κ2) is 8.67. The molecule has 0 radical (unpaired) electrons. The zero-order valence-corrected chi connectivity index (χ0v) is 13.8. The first-order valence-electron chi connectivity index (χ1n) is 8.43. The van der Waals surface area contributed by atoms with Crippen LogP contribution in [-0.4, -0.2) is 41.9 Å². The van der Waals surface area contributed by atoms with E-state index in [-0.39, 0.29) is 23.9 Å². The molecule has 0 aliphatic carbocycles. The number of rotatable bonds is 6. The molecule has 0 bridgehead atoms. The lowest BCUT2D eigenvalue weighted by Gasteiger charge is -2.38. The van der Waals surface area contributed by atoms with Crippen molar-refractivity contribution in [3.05, 3.63) is 35.9 Å². The fourth-order valence-corrected chi connectivity index (χ4v) is 3.11. The minimum absolute atomic E-state index is 0.00748. The molecule has 2 atom stereocenters. The SMILES string of the molecule is CC(N)C1CCCCN1C(=O)CCNC(=O)Cc1ccccc1. The van der Waals surface area contributed by atoms with Gasteiger partial charge in [-0.2, -0.15) is 0 Å². The van der Waals surface area contributed by atoms with Gasteiger partial charge in [0.1, 0.15) is 0 Å². The fraction of sp³-hybridized carbons (Fsp3) is 0.556. The molecule has 126 valence electrons. The molecule has 23 heavy (non-hydrogen) atoms. The van der Waals surface area contributed by atoms with Gasteiger partial charge in [0.2, 0.25) is 11.8 Å². The molecule has 1 aromatic rings. The first-order valence-corrected chi connectivity index (χ1v) is 8.43. The number of hydrogen-bond donors (Lipinski definition) is 2. The topological polar surface area (TPSA) is 75.4 Å². The maximum atomic E-state index is 12.4. The van der Waals surface area contributed by atoms with Gasteiger partial charge in [0.05, 0.1) is 6.42 Å². The van der Waals surface area contributed by atoms with E-state index >= 15 is 0 Å². The van der Waals surface area contributed by atoms with Gasteiger partial charge >= 0.3 is 0 Å². The van der Waals surface area contributed by atoms with Crippen LogP contribution in [0.4, 0.5) is 0 Å². The van der Waals surface area contributed by atoms with Gasteiger partial charge in [-0.3, -0.25) is 9.59 Å². The molecular formula is C18H27N3O2. The highest BCUT2D eigenvalue weighted by Crippen LogP contribution is 2.19. The van der Waals surface area contributed by atoms with Crippen LogP contribution in [0.2, 0.25) is 0 Å².